The molecule has 3 aromatic rings. The maximum Gasteiger partial charge on any atom is 0.337 e. The molecule has 0 aromatic heterocycles. The van der Waals surface area contributed by atoms with Gasteiger partial charge in [0.1, 0.15) is 11.6 Å². The molecule has 10 heteroatoms. The molecule has 0 aliphatic rings. The second-order valence-corrected chi connectivity index (χ2v) is 8.02. The summed E-state index contributed by atoms with van der Waals surface area (Å²) < 4.78 is 10.1. The molecule has 0 bridgehead atoms. The number of carbonyl (C=O) groups is 3. The number of halogens is 2. The molecule has 0 aliphatic heterocycles. The highest BCUT2D eigenvalue weighted by atomic mass is 35.5. The molecule has 0 heterocycles. The molecule has 182 valence electrons. The van der Waals surface area contributed by atoms with E-state index in [9.17, 15) is 19.6 Å². The lowest BCUT2D eigenvalue weighted by atomic mass is 10.1. The van der Waals surface area contributed by atoms with E-state index in [1.807, 2.05) is 12.1 Å². The van der Waals surface area contributed by atoms with E-state index in [1.165, 1.54) is 49.6 Å². The topological polar surface area (TPSA) is 118 Å². The fourth-order valence-corrected chi connectivity index (χ4v) is 3.59. The van der Waals surface area contributed by atoms with Gasteiger partial charge < -0.3 is 20.1 Å². The first-order valence-corrected chi connectivity index (χ1v) is 11.1. The summed E-state index contributed by atoms with van der Waals surface area (Å²) in [5, 5.41) is 14.9. The largest absolute Gasteiger partial charge is 0.481 e. The van der Waals surface area contributed by atoms with Gasteiger partial charge in [-0.3, -0.25) is 9.59 Å². The van der Waals surface area contributed by atoms with E-state index in [0.717, 1.165) is 0 Å². The Morgan fingerprint density at radius 3 is 2.14 bits per heavy atom. The molecule has 0 saturated heterocycles. The van der Waals surface area contributed by atoms with Crippen molar-refractivity contribution in [1.29, 1.82) is 5.26 Å². The number of methoxy groups -OCH3 is 1. The molecule has 0 atom stereocenters. The van der Waals surface area contributed by atoms with Gasteiger partial charge in [-0.2, -0.15) is 5.26 Å². The Morgan fingerprint density at radius 2 is 1.56 bits per heavy atom. The van der Waals surface area contributed by atoms with E-state index in [-0.39, 0.29) is 28.0 Å². The third-order valence-corrected chi connectivity index (χ3v) is 5.23. The zero-order valence-corrected chi connectivity index (χ0v) is 20.4. The summed E-state index contributed by atoms with van der Waals surface area (Å²) in [6, 6.07) is 19.6. The predicted octanol–water partition coefficient (Wildman–Crippen LogP) is 5.34. The zero-order valence-electron chi connectivity index (χ0n) is 18.9. The van der Waals surface area contributed by atoms with Crippen molar-refractivity contribution in [2.45, 2.75) is 0 Å². The number of benzene rings is 3. The van der Waals surface area contributed by atoms with E-state index >= 15 is 0 Å². The third-order valence-electron chi connectivity index (χ3n) is 4.67. The molecule has 0 saturated carbocycles. The summed E-state index contributed by atoms with van der Waals surface area (Å²) in [4.78, 5) is 36.2. The molecule has 3 aromatic carbocycles. The van der Waals surface area contributed by atoms with Crippen molar-refractivity contribution in [2.75, 3.05) is 24.4 Å². The SMILES string of the molecule is COC(=O)c1ccc(NC(=O)/C(C#N)=C\c2cc(Cl)c(OCC(=O)Nc3ccccc3)c(Cl)c2)cc1. The molecule has 0 unspecified atom stereocenters. The van der Waals surface area contributed by atoms with Crippen LogP contribution in [0.2, 0.25) is 10.0 Å². The first-order valence-electron chi connectivity index (χ1n) is 10.4. The normalized spacial score (nSPS) is 10.7. The Labute approximate surface area is 217 Å². The van der Waals surface area contributed by atoms with Crippen molar-refractivity contribution in [1.82, 2.24) is 0 Å². The highest BCUT2D eigenvalue weighted by Crippen LogP contribution is 2.35. The molecule has 2 amide bonds. The van der Waals surface area contributed by atoms with Crippen LogP contribution in [0.3, 0.4) is 0 Å². The number of amides is 2. The summed E-state index contributed by atoms with van der Waals surface area (Å²) in [6.45, 7) is -0.329. The van der Waals surface area contributed by atoms with Crippen molar-refractivity contribution in [3.05, 3.63) is 93.5 Å². The second kappa shape index (κ2) is 12.4. The Balaban J connectivity index is 1.68. The maximum absolute atomic E-state index is 12.6. The zero-order chi connectivity index (χ0) is 26.1. The Hall–Kier alpha value is -4.32. The van der Waals surface area contributed by atoms with Crippen LogP contribution in [0.1, 0.15) is 15.9 Å². The van der Waals surface area contributed by atoms with Crippen molar-refractivity contribution in [3.63, 3.8) is 0 Å². The van der Waals surface area contributed by atoms with Gasteiger partial charge in [-0.25, -0.2) is 4.79 Å². The third kappa shape index (κ3) is 7.09. The number of rotatable bonds is 8. The number of hydrogen-bond donors (Lipinski definition) is 2. The van der Waals surface area contributed by atoms with Gasteiger partial charge in [-0.15, -0.1) is 0 Å². The van der Waals surface area contributed by atoms with Crippen LogP contribution in [0.5, 0.6) is 5.75 Å². The lowest BCUT2D eigenvalue weighted by Crippen LogP contribution is -2.20. The molecular formula is C26H19Cl2N3O5. The van der Waals surface area contributed by atoms with Gasteiger partial charge in [0.15, 0.2) is 12.4 Å². The second-order valence-electron chi connectivity index (χ2n) is 7.21. The van der Waals surface area contributed by atoms with E-state index in [4.69, 9.17) is 27.9 Å². The molecule has 0 fully saturated rings. The van der Waals surface area contributed by atoms with Crippen LogP contribution in [0, 0.1) is 11.3 Å². The lowest BCUT2D eigenvalue weighted by Gasteiger charge is -2.11. The lowest BCUT2D eigenvalue weighted by molar-refractivity contribution is -0.118. The fourth-order valence-electron chi connectivity index (χ4n) is 2.98. The molecule has 0 aliphatic carbocycles. The van der Waals surface area contributed by atoms with Gasteiger partial charge in [0.25, 0.3) is 11.8 Å². The molecule has 2 N–H and O–H groups in total. The molecular weight excluding hydrogens is 505 g/mol. The summed E-state index contributed by atoms with van der Waals surface area (Å²) in [7, 11) is 1.27. The van der Waals surface area contributed by atoms with E-state index in [0.29, 0.717) is 22.5 Å². The number of nitrogens with zero attached hydrogens (tertiary/aromatic N) is 1. The van der Waals surface area contributed by atoms with Crippen molar-refractivity contribution in [3.8, 4) is 11.8 Å². The Kier molecular flexibility index (Phi) is 9.06. The van der Waals surface area contributed by atoms with Crippen LogP contribution in [0.15, 0.2) is 72.3 Å². The summed E-state index contributed by atoms with van der Waals surface area (Å²) in [6.07, 6.45) is 1.31. The van der Waals surface area contributed by atoms with Gasteiger partial charge in [-0.05, 0) is 60.2 Å². The number of para-hydroxylation sites is 1. The molecule has 0 spiro atoms. The monoisotopic (exact) mass is 523 g/mol. The van der Waals surface area contributed by atoms with Crippen LogP contribution in [0.4, 0.5) is 11.4 Å². The minimum atomic E-state index is -0.673. The summed E-state index contributed by atoms with van der Waals surface area (Å²) in [5.74, 6) is -1.50. The first-order chi connectivity index (χ1) is 17.3. The number of anilines is 2. The standard InChI is InChI=1S/C26H19Cl2N3O5/c1-35-26(34)17-7-9-20(10-8-17)31-25(33)18(14-29)11-16-12-21(27)24(22(28)13-16)36-15-23(32)30-19-5-3-2-4-6-19/h2-13H,15H2,1H3,(H,30,32)(H,31,33)/b18-11-. The number of hydrogen-bond acceptors (Lipinski definition) is 6. The average molecular weight is 524 g/mol. The molecule has 36 heavy (non-hydrogen) atoms. The first kappa shape index (κ1) is 26.3. The number of esters is 1. The number of ether oxygens (including phenoxy) is 2. The minimum absolute atomic E-state index is 0.0901. The van der Waals surface area contributed by atoms with Crippen LogP contribution in [-0.4, -0.2) is 31.5 Å². The van der Waals surface area contributed by atoms with Crippen molar-refractivity contribution >= 4 is 58.4 Å². The smallest absolute Gasteiger partial charge is 0.337 e. The quantitative estimate of drug-likeness (QED) is 0.233. The highest BCUT2D eigenvalue weighted by molar-refractivity contribution is 6.37. The molecule has 3 rings (SSSR count). The van der Waals surface area contributed by atoms with Crippen LogP contribution in [-0.2, 0) is 14.3 Å². The van der Waals surface area contributed by atoms with Crippen LogP contribution >= 0.6 is 23.2 Å². The minimum Gasteiger partial charge on any atom is -0.481 e. The average Bonchev–Trinajstić information content (AvgIpc) is 2.87. The van der Waals surface area contributed by atoms with Crippen LogP contribution < -0.4 is 15.4 Å². The van der Waals surface area contributed by atoms with E-state index < -0.39 is 17.8 Å². The van der Waals surface area contributed by atoms with Crippen molar-refractivity contribution < 1.29 is 23.9 Å². The predicted molar refractivity (Wildman–Crippen MR) is 137 cm³/mol. The number of nitrogens with one attached hydrogen (secondary N) is 2. The highest BCUT2D eigenvalue weighted by Gasteiger charge is 2.15. The van der Waals surface area contributed by atoms with Gasteiger partial charge in [0, 0.05) is 11.4 Å². The van der Waals surface area contributed by atoms with Gasteiger partial charge >= 0.3 is 5.97 Å². The van der Waals surface area contributed by atoms with Gasteiger partial charge in [-0.1, -0.05) is 41.4 Å². The maximum atomic E-state index is 12.6. The molecule has 8 nitrogen and oxygen atoms in total. The van der Waals surface area contributed by atoms with Gasteiger partial charge in [0.05, 0.1) is 22.7 Å². The summed E-state index contributed by atoms with van der Waals surface area (Å²) in [5.41, 5.74) is 1.47. The summed E-state index contributed by atoms with van der Waals surface area (Å²) >= 11 is 12.5. The number of carbonyl (C=O) groups excluding carboxylic acids is 3. The molecule has 0 radical (unpaired) electrons. The Bertz CT molecular complexity index is 1330. The van der Waals surface area contributed by atoms with Crippen molar-refractivity contribution in [2.24, 2.45) is 0 Å². The number of nitriles is 1. The fraction of sp³-hybridized carbons (Fsp3) is 0.0769. The van der Waals surface area contributed by atoms with E-state index in [2.05, 4.69) is 15.4 Å². The Morgan fingerprint density at radius 1 is 0.944 bits per heavy atom. The van der Waals surface area contributed by atoms with E-state index in [1.54, 1.807) is 24.3 Å². The van der Waals surface area contributed by atoms with Crippen LogP contribution in [0.25, 0.3) is 6.08 Å². The van der Waals surface area contributed by atoms with Gasteiger partial charge in [0.2, 0.25) is 0 Å².